The molecule has 1 aliphatic rings. The van der Waals surface area contributed by atoms with E-state index in [1.54, 1.807) is 25.3 Å². The lowest BCUT2D eigenvalue weighted by atomic mass is 10.0. The molecule has 1 saturated heterocycles. The summed E-state index contributed by atoms with van der Waals surface area (Å²) in [6.45, 7) is 2.42. The highest BCUT2D eigenvalue weighted by Crippen LogP contribution is 2.27. The van der Waals surface area contributed by atoms with E-state index in [9.17, 15) is 9.90 Å². The van der Waals surface area contributed by atoms with Gasteiger partial charge in [0.15, 0.2) is 5.58 Å². The number of carbonyl (C=O) groups excluding carboxylic acids is 1. The first-order valence-corrected chi connectivity index (χ1v) is 10.4. The molecule has 7 nitrogen and oxygen atoms in total. The Morgan fingerprint density at radius 3 is 3.03 bits per heavy atom. The average molecular weight is 409 g/mol. The van der Waals surface area contributed by atoms with E-state index in [0.717, 1.165) is 43.7 Å². The molecule has 4 rings (SSSR count). The first-order valence-electron chi connectivity index (χ1n) is 10.4. The summed E-state index contributed by atoms with van der Waals surface area (Å²) in [4.78, 5) is 19.4. The molecule has 2 heterocycles. The van der Waals surface area contributed by atoms with Crippen molar-refractivity contribution in [3.8, 4) is 17.2 Å². The Morgan fingerprint density at radius 1 is 1.30 bits per heavy atom. The molecule has 158 valence electrons. The fraction of sp³-hybridized carbons (Fsp3) is 0.391. The number of likely N-dealkylation sites (tertiary alicyclic amines) is 1. The van der Waals surface area contributed by atoms with Crippen LogP contribution in [0.15, 0.2) is 46.9 Å². The second-order valence-corrected chi connectivity index (χ2v) is 7.56. The van der Waals surface area contributed by atoms with E-state index >= 15 is 0 Å². The summed E-state index contributed by atoms with van der Waals surface area (Å²) in [6.07, 6.45) is 3.31. The third-order valence-electron chi connectivity index (χ3n) is 5.61. The van der Waals surface area contributed by atoms with Crippen LogP contribution in [0.25, 0.3) is 22.6 Å². The summed E-state index contributed by atoms with van der Waals surface area (Å²) in [5, 5.41) is 12.5. The van der Waals surface area contributed by atoms with Gasteiger partial charge in [0.2, 0.25) is 5.89 Å². The Morgan fingerprint density at radius 2 is 2.20 bits per heavy atom. The minimum Gasteiger partial charge on any atom is -0.497 e. The molecule has 7 heteroatoms. The molecule has 1 aliphatic heterocycles. The Labute approximate surface area is 175 Å². The molecule has 1 aromatic heterocycles. The number of aromatic nitrogens is 1. The number of piperidine rings is 1. The first kappa shape index (κ1) is 20.4. The van der Waals surface area contributed by atoms with Gasteiger partial charge in [0.05, 0.1) is 13.7 Å². The summed E-state index contributed by atoms with van der Waals surface area (Å²) >= 11 is 0. The van der Waals surface area contributed by atoms with Crippen LogP contribution in [-0.4, -0.2) is 60.3 Å². The summed E-state index contributed by atoms with van der Waals surface area (Å²) < 4.78 is 11.1. The van der Waals surface area contributed by atoms with E-state index in [1.807, 2.05) is 24.3 Å². The fourth-order valence-electron chi connectivity index (χ4n) is 3.92. The number of aliphatic hydroxyl groups excluding tert-OH is 1. The maximum absolute atomic E-state index is 12.6. The van der Waals surface area contributed by atoms with Gasteiger partial charge in [0, 0.05) is 30.3 Å². The van der Waals surface area contributed by atoms with Crippen molar-refractivity contribution in [2.75, 3.05) is 33.4 Å². The molecule has 1 fully saturated rings. The number of rotatable bonds is 7. The quantitative estimate of drug-likeness (QED) is 0.624. The number of methoxy groups -OCH3 is 1. The molecular weight excluding hydrogens is 382 g/mol. The maximum Gasteiger partial charge on any atom is 0.251 e. The molecule has 30 heavy (non-hydrogen) atoms. The van der Waals surface area contributed by atoms with Crippen LogP contribution in [-0.2, 0) is 0 Å². The summed E-state index contributed by atoms with van der Waals surface area (Å²) in [7, 11) is 1.62. The zero-order valence-corrected chi connectivity index (χ0v) is 17.1. The van der Waals surface area contributed by atoms with Crippen molar-refractivity contribution in [1.29, 1.82) is 0 Å². The number of nitrogens with zero attached hydrogens (tertiary/aromatic N) is 2. The number of amides is 1. The third-order valence-corrected chi connectivity index (χ3v) is 5.61. The lowest BCUT2D eigenvalue weighted by molar-refractivity contribution is 0.0849. The van der Waals surface area contributed by atoms with Crippen LogP contribution in [0.5, 0.6) is 5.75 Å². The molecule has 3 aromatic rings. The highest BCUT2D eigenvalue weighted by molar-refractivity contribution is 5.97. The summed E-state index contributed by atoms with van der Waals surface area (Å²) in [5.74, 6) is 1.07. The predicted octanol–water partition coefficient (Wildman–Crippen LogP) is 3.08. The van der Waals surface area contributed by atoms with Gasteiger partial charge in [-0.2, -0.15) is 0 Å². The lowest BCUT2D eigenvalue weighted by Gasteiger charge is -2.34. The number of fused-ring (bicyclic) bond motifs is 1. The van der Waals surface area contributed by atoms with Crippen molar-refractivity contribution in [2.45, 2.75) is 25.3 Å². The van der Waals surface area contributed by atoms with E-state index in [4.69, 9.17) is 9.15 Å². The molecule has 0 radical (unpaired) electrons. The van der Waals surface area contributed by atoms with Crippen LogP contribution < -0.4 is 10.1 Å². The van der Waals surface area contributed by atoms with Gasteiger partial charge >= 0.3 is 0 Å². The van der Waals surface area contributed by atoms with E-state index in [-0.39, 0.29) is 18.6 Å². The number of aliphatic hydroxyl groups is 1. The largest absolute Gasteiger partial charge is 0.497 e. The van der Waals surface area contributed by atoms with Crippen molar-refractivity contribution in [2.24, 2.45) is 0 Å². The second-order valence-electron chi connectivity index (χ2n) is 7.56. The minimum atomic E-state index is -0.145. The highest BCUT2D eigenvalue weighted by atomic mass is 16.5. The van der Waals surface area contributed by atoms with Crippen LogP contribution in [0.2, 0.25) is 0 Å². The topological polar surface area (TPSA) is 87.8 Å². The zero-order valence-electron chi connectivity index (χ0n) is 17.1. The van der Waals surface area contributed by atoms with E-state index in [1.165, 1.54) is 0 Å². The molecule has 2 N–H and O–H groups in total. The standard InChI is InChI=1S/C23H27N3O4/c1-29-19-7-4-5-17(13-19)23-25-20-9-8-16(14-21(20)30-23)22(28)24-10-12-26-11-3-2-6-18(26)15-27/h4-5,7-9,13-14,18,27H,2-3,6,10-12,15H2,1H3,(H,24,28)/t18-/m1/s1. The van der Waals surface area contributed by atoms with Crippen LogP contribution in [0, 0.1) is 0 Å². The SMILES string of the molecule is COc1cccc(-c2nc3ccc(C(=O)NCCN4CCCC[C@@H]4CO)cc3o2)c1. The molecule has 1 amide bonds. The van der Waals surface area contributed by atoms with E-state index in [0.29, 0.717) is 29.1 Å². The van der Waals surface area contributed by atoms with E-state index in [2.05, 4.69) is 15.2 Å². The predicted molar refractivity (Wildman–Crippen MR) is 115 cm³/mol. The van der Waals surface area contributed by atoms with Gasteiger partial charge in [-0.05, 0) is 55.8 Å². The fourth-order valence-corrected chi connectivity index (χ4v) is 3.92. The second kappa shape index (κ2) is 9.28. The highest BCUT2D eigenvalue weighted by Gasteiger charge is 2.21. The van der Waals surface area contributed by atoms with Crippen molar-refractivity contribution < 1.29 is 19.1 Å². The van der Waals surface area contributed by atoms with Crippen molar-refractivity contribution in [1.82, 2.24) is 15.2 Å². The summed E-state index contributed by atoms with van der Waals surface area (Å²) in [5.41, 5.74) is 2.62. The Hall–Kier alpha value is -2.90. The van der Waals surface area contributed by atoms with Gasteiger partial charge in [-0.3, -0.25) is 9.69 Å². The van der Waals surface area contributed by atoms with Crippen LogP contribution >= 0.6 is 0 Å². The van der Waals surface area contributed by atoms with Gasteiger partial charge in [-0.25, -0.2) is 4.98 Å². The minimum absolute atomic E-state index is 0.145. The first-order chi connectivity index (χ1) is 14.7. The maximum atomic E-state index is 12.6. The Kier molecular flexibility index (Phi) is 6.30. The molecule has 2 aromatic carbocycles. The number of hydrogen-bond donors (Lipinski definition) is 2. The Bertz CT molecular complexity index is 1020. The number of ether oxygens (including phenoxy) is 1. The molecule has 0 spiro atoms. The monoisotopic (exact) mass is 409 g/mol. The number of oxazole rings is 1. The third kappa shape index (κ3) is 4.47. The zero-order chi connectivity index (χ0) is 20.9. The van der Waals surface area contributed by atoms with Crippen molar-refractivity contribution in [3.05, 3.63) is 48.0 Å². The lowest BCUT2D eigenvalue weighted by Crippen LogP contribution is -2.45. The van der Waals surface area contributed by atoms with Crippen LogP contribution in [0.4, 0.5) is 0 Å². The van der Waals surface area contributed by atoms with Gasteiger partial charge in [-0.15, -0.1) is 0 Å². The van der Waals surface area contributed by atoms with Crippen molar-refractivity contribution in [3.63, 3.8) is 0 Å². The number of carbonyl (C=O) groups is 1. The molecule has 0 bridgehead atoms. The van der Waals surface area contributed by atoms with E-state index < -0.39 is 0 Å². The number of hydrogen-bond acceptors (Lipinski definition) is 6. The van der Waals surface area contributed by atoms with Crippen molar-refractivity contribution >= 4 is 17.0 Å². The summed E-state index contributed by atoms with van der Waals surface area (Å²) in [6, 6.07) is 13.0. The number of nitrogens with one attached hydrogen (secondary N) is 1. The normalized spacial score (nSPS) is 17.2. The molecule has 0 unspecified atom stereocenters. The van der Waals surface area contributed by atoms with Gasteiger partial charge in [-0.1, -0.05) is 12.5 Å². The van der Waals surface area contributed by atoms with Gasteiger partial charge in [0.1, 0.15) is 11.3 Å². The number of benzene rings is 2. The van der Waals surface area contributed by atoms with Crippen LogP contribution in [0.3, 0.4) is 0 Å². The van der Waals surface area contributed by atoms with Gasteiger partial charge in [0.25, 0.3) is 5.91 Å². The molecule has 0 saturated carbocycles. The van der Waals surface area contributed by atoms with Gasteiger partial charge < -0.3 is 19.6 Å². The molecule has 1 atom stereocenters. The van der Waals surface area contributed by atoms with Crippen LogP contribution in [0.1, 0.15) is 29.6 Å². The smallest absolute Gasteiger partial charge is 0.251 e. The Balaban J connectivity index is 1.42. The molecular formula is C23H27N3O4. The average Bonchev–Trinajstić information content (AvgIpc) is 3.23. The molecule has 0 aliphatic carbocycles.